The lowest BCUT2D eigenvalue weighted by molar-refractivity contribution is -0.119. The van der Waals surface area contributed by atoms with Crippen LogP contribution < -0.4 is 15.0 Å². The van der Waals surface area contributed by atoms with Crippen molar-refractivity contribution < 1.29 is 17.9 Å². The van der Waals surface area contributed by atoms with Crippen LogP contribution in [0, 0.1) is 0 Å². The van der Waals surface area contributed by atoms with E-state index >= 15 is 0 Å². The Morgan fingerprint density at radius 3 is 2.42 bits per heavy atom. The Morgan fingerprint density at radius 1 is 1.21 bits per heavy atom. The van der Waals surface area contributed by atoms with Crippen LogP contribution in [0.3, 0.4) is 0 Å². The fourth-order valence-corrected chi connectivity index (χ4v) is 1.29. The molecule has 1 aromatic rings. The second-order valence-electron chi connectivity index (χ2n) is 3.68. The highest BCUT2D eigenvalue weighted by atomic mass is 19.4. The third kappa shape index (κ3) is 5.14. The number of aromatic nitrogens is 3. The normalized spacial score (nSPS) is 11.3. The van der Waals surface area contributed by atoms with Crippen molar-refractivity contribution in [2.75, 3.05) is 37.0 Å². The molecular weight excluding hydrogens is 263 g/mol. The number of ether oxygens (including phenoxy) is 1. The van der Waals surface area contributed by atoms with Crippen LogP contribution in [0.4, 0.5) is 25.1 Å². The molecule has 0 spiro atoms. The molecule has 9 heteroatoms. The summed E-state index contributed by atoms with van der Waals surface area (Å²) >= 11 is 0. The molecule has 0 amide bonds. The lowest BCUT2D eigenvalue weighted by atomic mass is 10.5. The molecular formula is C10H16F3N5O. The molecule has 0 saturated heterocycles. The standard InChI is InChI=1S/C10H16F3N5O/c1-4-14-7-15-8(17-9(16-7)19-5-2)18(3)6-10(11,12)13/h4-6H2,1-3H3,(H,14,15,16,17). The molecule has 6 nitrogen and oxygen atoms in total. The van der Waals surface area contributed by atoms with E-state index in [-0.39, 0.29) is 17.9 Å². The van der Waals surface area contributed by atoms with E-state index < -0.39 is 12.7 Å². The number of nitrogens with one attached hydrogen (secondary N) is 1. The molecule has 1 heterocycles. The van der Waals surface area contributed by atoms with Crippen molar-refractivity contribution in [2.45, 2.75) is 20.0 Å². The fraction of sp³-hybridized carbons (Fsp3) is 0.700. The first-order chi connectivity index (χ1) is 8.85. The van der Waals surface area contributed by atoms with Gasteiger partial charge in [-0.25, -0.2) is 0 Å². The van der Waals surface area contributed by atoms with Gasteiger partial charge in [-0.05, 0) is 13.8 Å². The molecule has 0 aliphatic carbocycles. The number of hydrogen-bond acceptors (Lipinski definition) is 6. The van der Waals surface area contributed by atoms with E-state index in [1.807, 2.05) is 6.92 Å². The minimum absolute atomic E-state index is 0.00234. The lowest BCUT2D eigenvalue weighted by Gasteiger charge is -2.19. The van der Waals surface area contributed by atoms with E-state index in [1.165, 1.54) is 7.05 Å². The number of anilines is 2. The van der Waals surface area contributed by atoms with E-state index in [4.69, 9.17) is 4.74 Å². The van der Waals surface area contributed by atoms with Gasteiger partial charge >= 0.3 is 12.2 Å². The van der Waals surface area contributed by atoms with Crippen LogP contribution in [-0.4, -0.2) is 47.9 Å². The molecule has 1 N–H and O–H groups in total. The summed E-state index contributed by atoms with van der Waals surface area (Å²) in [6.07, 6.45) is -4.33. The molecule has 0 bridgehead atoms. The Balaban J connectivity index is 2.97. The largest absolute Gasteiger partial charge is 0.464 e. The Bertz CT molecular complexity index is 388. The molecule has 0 unspecified atom stereocenters. The van der Waals surface area contributed by atoms with Crippen molar-refractivity contribution in [2.24, 2.45) is 0 Å². The van der Waals surface area contributed by atoms with Gasteiger partial charge in [-0.15, -0.1) is 0 Å². The quantitative estimate of drug-likeness (QED) is 0.855. The molecule has 0 radical (unpaired) electrons. The average Bonchev–Trinajstić information content (AvgIpc) is 2.27. The number of rotatable bonds is 6. The highest BCUT2D eigenvalue weighted by Crippen LogP contribution is 2.20. The summed E-state index contributed by atoms with van der Waals surface area (Å²) in [7, 11) is 1.26. The summed E-state index contributed by atoms with van der Waals surface area (Å²) < 4.78 is 42.1. The van der Waals surface area contributed by atoms with Gasteiger partial charge in [0.25, 0.3) is 0 Å². The first-order valence-electron chi connectivity index (χ1n) is 5.76. The van der Waals surface area contributed by atoms with Crippen LogP contribution in [0.25, 0.3) is 0 Å². The van der Waals surface area contributed by atoms with E-state index in [1.54, 1.807) is 6.92 Å². The monoisotopic (exact) mass is 279 g/mol. The van der Waals surface area contributed by atoms with Gasteiger partial charge in [0.05, 0.1) is 6.61 Å². The molecule has 0 aromatic carbocycles. The van der Waals surface area contributed by atoms with Crippen molar-refractivity contribution in [3.05, 3.63) is 0 Å². The molecule has 0 aliphatic heterocycles. The van der Waals surface area contributed by atoms with Gasteiger partial charge in [-0.3, -0.25) is 0 Å². The highest BCUT2D eigenvalue weighted by Gasteiger charge is 2.30. The van der Waals surface area contributed by atoms with Crippen molar-refractivity contribution in [3.63, 3.8) is 0 Å². The zero-order valence-corrected chi connectivity index (χ0v) is 11.0. The second-order valence-corrected chi connectivity index (χ2v) is 3.68. The molecule has 1 aromatic heterocycles. The van der Waals surface area contributed by atoms with Gasteiger partial charge in [0.15, 0.2) is 0 Å². The molecule has 108 valence electrons. The van der Waals surface area contributed by atoms with E-state index in [9.17, 15) is 13.2 Å². The second kappa shape index (κ2) is 6.39. The smallest absolute Gasteiger partial charge is 0.406 e. The summed E-state index contributed by atoms with van der Waals surface area (Å²) in [6, 6.07) is -0.00234. The van der Waals surface area contributed by atoms with Crippen LogP contribution in [0.15, 0.2) is 0 Å². The van der Waals surface area contributed by atoms with Crippen LogP contribution in [0.1, 0.15) is 13.8 Å². The highest BCUT2D eigenvalue weighted by molar-refractivity contribution is 5.37. The Labute approximate surface area is 109 Å². The molecule has 0 aliphatic rings. The number of halogens is 3. The van der Waals surface area contributed by atoms with Gasteiger partial charge in [0.2, 0.25) is 11.9 Å². The van der Waals surface area contributed by atoms with Crippen LogP contribution in [0.2, 0.25) is 0 Å². The predicted octanol–water partition coefficient (Wildman–Crippen LogP) is 1.70. The number of hydrogen-bond donors (Lipinski definition) is 1. The van der Waals surface area contributed by atoms with Crippen molar-refractivity contribution in [1.82, 2.24) is 15.0 Å². The van der Waals surface area contributed by atoms with E-state index in [2.05, 4.69) is 20.3 Å². The molecule has 1 rings (SSSR count). The molecule has 0 fully saturated rings. The first-order valence-corrected chi connectivity index (χ1v) is 5.76. The Morgan fingerprint density at radius 2 is 1.89 bits per heavy atom. The SMILES string of the molecule is CCNc1nc(OCC)nc(N(C)CC(F)(F)F)n1. The molecule has 19 heavy (non-hydrogen) atoms. The van der Waals surface area contributed by atoms with Crippen molar-refractivity contribution in [3.8, 4) is 6.01 Å². The summed E-state index contributed by atoms with van der Waals surface area (Å²) in [5.74, 6) is 0.0942. The zero-order valence-electron chi connectivity index (χ0n) is 11.0. The third-order valence-electron chi connectivity index (χ3n) is 1.97. The molecule has 0 saturated carbocycles. The van der Waals surface area contributed by atoms with Gasteiger partial charge in [0.1, 0.15) is 6.54 Å². The van der Waals surface area contributed by atoms with Gasteiger partial charge in [0, 0.05) is 13.6 Å². The van der Waals surface area contributed by atoms with E-state index in [0.717, 1.165) is 4.90 Å². The Kier molecular flexibility index (Phi) is 5.13. The van der Waals surface area contributed by atoms with Gasteiger partial charge in [-0.2, -0.15) is 28.1 Å². The summed E-state index contributed by atoms with van der Waals surface area (Å²) in [4.78, 5) is 12.6. The van der Waals surface area contributed by atoms with Crippen LogP contribution in [-0.2, 0) is 0 Å². The predicted molar refractivity (Wildman–Crippen MR) is 64.5 cm³/mol. The minimum atomic E-state index is -4.33. The Hall–Kier alpha value is -1.80. The van der Waals surface area contributed by atoms with Crippen LogP contribution in [0.5, 0.6) is 6.01 Å². The number of nitrogens with zero attached hydrogens (tertiary/aromatic N) is 4. The maximum Gasteiger partial charge on any atom is 0.406 e. The number of alkyl halides is 3. The van der Waals surface area contributed by atoms with Crippen molar-refractivity contribution in [1.29, 1.82) is 0 Å². The van der Waals surface area contributed by atoms with Crippen LogP contribution >= 0.6 is 0 Å². The maximum atomic E-state index is 12.3. The molecule has 0 atom stereocenters. The minimum Gasteiger partial charge on any atom is -0.464 e. The topological polar surface area (TPSA) is 63.2 Å². The lowest BCUT2D eigenvalue weighted by Crippen LogP contribution is -2.32. The average molecular weight is 279 g/mol. The third-order valence-corrected chi connectivity index (χ3v) is 1.97. The zero-order chi connectivity index (χ0) is 14.5. The maximum absolute atomic E-state index is 12.3. The van der Waals surface area contributed by atoms with Gasteiger partial charge in [-0.1, -0.05) is 0 Å². The van der Waals surface area contributed by atoms with Gasteiger partial charge < -0.3 is 15.0 Å². The van der Waals surface area contributed by atoms with E-state index in [0.29, 0.717) is 13.2 Å². The summed E-state index contributed by atoms with van der Waals surface area (Å²) in [5, 5.41) is 2.81. The summed E-state index contributed by atoms with van der Waals surface area (Å²) in [5.41, 5.74) is 0. The van der Waals surface area contributed by atoms with Crippen molar-refractivity contribution >= 4 is 11.9 Å². The first kappa shape index (κ1) is 15.3. The summed E-state index contributed by atoms with van der Waals surface area (Å²) in [6.45, 7) is 3.27. The fourth-order valence-electron chi connectivity index (χ4n) is 1.29.